The van der Waals surface area contributed by atoms with E-state index in [1.54, 1.807) is 23.5 Å². The molecule has 2 N–H and O–H groups in total. The van der Waals surface area contributed by atoms with Crippen molar-refractivity contribution in [3.05, 3.63) is 40.1 Å². The molecule has 0 spiro atoms. The summed E-state index contributed by atoms with van der Waals surface area (Å²) in [7, 11) is 0. The van der Waals surface area contributed by atoms with Crippen LogP contribution in [0.5, 0.6) is 0 Å². The summed E-state index contributed by atoms with van der Waals surface area (Å²) in [5, 5.41) is 6.82. The van der Waals surface area contributed by atoms with E-state index < -0.39 is 5.82 Å². The van der Waals surface area contributed by atoms with Crippen molar-refractivity contribution < 1.29 is 9.18 Å². The largest absolute Gasteiger partial charge is 0.380 e. The number of rotatable bonds is 6. The van der Waals surface area contributed by atoms with Gasteiger partial charge in [-0.3, -0.25) is 4.79 Å². The van der Waals surface area contributed by atoms with E-state index >= 15 is 0 Å². The van der Waals surface area contributed by atoms with Crippen molar-refractivity contribution >= 4 is 28.6 Å². The molecule has 0 saturated heterocycles. The standard InChI is InChI=1S/C16H20FN3OS/c1-10(2)6-16-19-9-13(22-16)8-18-12-4-5-14(17)15(7-12)20-11(3)21/h4-5,7,9-10,18H,6,8H2,1-3H3,(H,20,21). The van der Waals surface area contributed by atoms with Gasteiger partial charge in [0.1, 0.15) is 5.82 Å². The highest BCUT2D eigenvalue weighted by Crippen LogP contribution is 2.22. The van der Waals surface area contributed by atoms with Crippen LogP contribution in [-0.2, 0) is 17.8 Å². The van der Waals surface area contributed by atoms with Crippen molar-refractivity contribution in [2.24, 2.45) is 5.92 Å². The Kier molecular flexibility index (Phi) is 5.49. The van der Waals surface area contributed by atoms with Gasteiger partial charge in [0.05, 0.1) is 17.2 Å². The third-order valence-electron chi connectivity index (χ3n) is 2.93. The number of benzene rings is 1. The second-order valence-electron chi connectivity index (χ2n) is 5.55. The van der Waals surface area contributed by atoms with E-state index in [-0.39, 0.29) is 11.6 Å². The highest BCUT2D eigenvalue weighted by molar-refractivity contribution is 7.11. The lowest BCUT2D eigenvalue weighted by Gasteiger charge is -2.08. The van der Waals surface area contributed by atoms with Gasteiger partial charge < -0.3 is 10.6 Å². The molecular weight excluding hydrogens is 301 g/mol. The van der Waals surface area contributed by atoms with E-state index in [4.69, 9.17) is 0 Å². The molecule has 0 fully saturated rings. The molecule has 1 aromatic heterocycles. The monoisotopic (exact) mass is 321 g/mol. The molecule has 0 aliphatic rings. The van der Waals surface area contributed by atoms with Gasteiger partial charge >= 0.3 is 0 Å². The minimum absolute atomic E-state index is 0.183. The summed E-state index contributed by atoms with van der Waals surface area (Å²) < 4.78 is 13.6. The van der Waals surface area contributed by atoms with Crippen molar-refractivity contribution in [2.45, 2.75) is 33.7 Å². The summed E-state index contributed by atoms with van der Waals surface area (Å²) in [5.41, 5.74) is 0.936. The van der Waals surface area contributed by atoms with Crippen LogP contribution in [0.4, 0.5) is 15.8 Å². The SMILES string of the molecule is CC(=O)Nc1cc(NCc2cnc(CC(C)C)s2)ccc1F. The molecule has 118 valence electrons. The zero-order chi connectivity index (χ0) is 16.1. The van der Waals surface area contributed by atoms with Gasteiger partial charge in [0, 0.05) is 30.1 Å². The topological polar surface area (TPSA) is 54.0 Å². The van der Waals surface area contributed by atoms with Crippen LogP contribution in [0, 0.1) is 11.7 Å². The number of aromatic nitrogens is 1. The van der Waals surface area contributed by atoms with Gasteiger partial charge in [-0.1, -0.05) is 13.8 Å². The summed E-state index contributed by atoms with van der Waals surface area (Å²) in [4.78, 5) is 16.6. The molecule has 0 aliphatic heterocycles. The van der Waals surface area contributed by atoms with E-state index in [0.717, 1.165) is 22.0 Å². The van der Waals surface area contributed by atoms with Crippen molar-refractivity contribution in [2.75, 3.05) is 10.6 Å². The van der Waals surface area contributed by atoms with Crippen LogP contribution in [0.1, 0.15) is 30.7 Å². The van der Waals surface area contributed by atoms with Crippen molar-refractivity contribution in [1.29, 1.82) is 0 Å². The predicted octanol–water partition coefficient (Wildman–Crippen LogP) is 4.05. The van der Waals surface area contributed by atoms with Crippen LogP contribution < -0.4 is 10.6 Å². The van der Waals surface area contributed by atoms with E-state index in [1.807, 2.05) is 6.20 Å². The van der Waals surface area contributed by atoms with Gasteiger partial charge in [0.2, 0.25) is 5.91 Å². The molecule has 0 saturated carbocycles. The lowest BCUT2D eigenvalue weighted by Crippen LogP contribution is -2.08. The second kappa shape index (κ2) is 7.35. The summed E-state index contributed by atoms with van der Waals surface area (Å²) in [5.74, 6) is -0.154. The fraction of sp³-hybridized carbons (Fsp3) is 0.375. The fourth-order valence-corrected chi connectivity index (χ4v) is 3.06. The van der Waals surface area contributed by atoms with Crippen LogP contribution in [0.2, 0.25) is 0 Å². The summed E-state index contributed by atoms with van der Waals surface area (Å²) in [6, 6.07) is 4.58. The maximum atomic E-state index is 13.6. The Morgan fingerprint density at radius 1 is 1.41 bits per heavy atom. The number of carbonyl (C=O) groups is 1. The average molecular weight is 321 g/mol. The summed E-state index contributed by atoms with van der Waals surface area (Å²) in [6.07, 6.45) is 2.85. The number of hydrogen-bond acceptors (Lipinski definition) is 4. The lowest BCUT2D eigenvalue weighted by molar-refractivity contribution is -0.114. The molecule has 22 heavy (non-hydrogen) atoms. The Morgan fingerprint density at radius 3 is 2.86 bits per heavy atom. The lowest BCUT2D eigenvalue weighted by atomic mass is 10.1. The summed E-state index contributed by atoms with van der Waals surface area (Å²) in [6.45, 7) is 6.32. The molecule has 1 heterocycles. The van der Waals surface area contributed by atoms with Gasteiger partial charge in [-0.2, -0.15) is 0 Å². The first-order valence-electron chi connectivity index (χ1n) is 7.18. The minimum atomic E-state index is -0.447. The van der Waals surface area contributed by atoms with Crippen molar-refractivity contribution in [3.8, 4) is 0 Å². The van der Waals surface area contributed by atoms with Gasteiger partial charge in [-0.05, 0) is 24.1 Å². The number of anilines is 2. The first-order valence-corrected chi connectivity index (χ1v) is 8.00. The number of hydrogen-bond donors (Lipinski definition) is 2. The Balaban J connectivity index is 1.99. The third kappa shape index (κ3) is 4.80. The van der Waals surface area contributed by atoms with E-state index in [2.05, 4.69) is 29.5 Å². The molecule has 0 unspecified atom stereocenters. The van der Waals surface area contributed by atoms with E-state index in [0.29, 0.717) is 12.5 Å². The third-order valence-corrected chi connectivity index (χ3v) is 3.95. The molecule has 0 atom stereocenters. The highest BCUT2D eigenvalue weighted by Gasteiger charge is 2.07. The Hall–Kier alpha value is -1.95. The molecule has 0 bridgehead atoms. The smallest absolute Gasteiger partial charge is 0.221 e. The number of nitrogens with zero attached hydrogens (tertiary/aromatic N) is 1. The zero-order valence-electron chi connectivity index (χ0n) is 12.9. The second-order valence-corrected chi connectivity index (χ2v) is 6.75. The number of halogens is 1. The van der Waals surface area contributed by atoms with Crippen LogP contribution in [0.3, 0.4) is 0 Å². The van der Waals surface area contributed by atoms with Crippen molar-refractivity contribution in [3.63, 3.8) is 0 Å². The number of thiazole rings is 1. The quantitative estimate of drug-likeness (QED) is 0.844. The Morgan fingerprint density at radius 2 is 2.18 bits per heavy atom. The van der Waals surface area contributed by atoms with Gasteiger partial charge in [0.25, 0.3) is 0 Å². The van der Waals surface area contributed by atoms with Crippen LogP contribution in [0.25, 0.3) is 0 Å². The number of nitrogens with one attached hydrogen (secondary N) is 2. The van der Waals surface area contributed by atoms with E-state index in [1.165, 1.54) is 13.0 Å². The Bertz CT molecular complexity index is 655. The molecule has 4 nitrogen and oxygen atoms in total. The predicted molar refractivity (Wildman–Crippen MR) is 88.7 cm³/mol. The molecule has 6 heteroatoms. The molecule has 1 amide bonds. The van der Waals surface area contributed by atoms with Crippen LogP contribution in [0.15, 0.2) is 24.4 Å². The first-order chi connectivity index (χ1) is 10.4. The fourth-order valence-electron chi connectivity index (χ4n) is 1.98. The average Bonchev–Trinajstić information content (AvgIpc) is 2.86. The van der Waals surface area contributed by atoms with Gasteiger partial charge in [-0.25, -0.2) is 9.37 Å². The first kappa shape index (κ1) is 16.4. The highest BCUT2D eigenvalue weighted by atomic mass is 32.1. The van der Waals surface area contributed by atoms with Crippen LogP contribution >= 0.6 is 11.3 Å². The van der Waals surface area contributed by atoms with Gasteiger partial charge in [-0.15, -0.1) is 11.3 Å². The number of carbonyl (C=O) groups excluding carboxylic acids is 1. The Labute approximate surface area is 133 Å². The molecule has 2 aromatic rings. The molecular formula is C16H20FN3OS. The van der Waals surface area contributed by atoms with Crippen molar-refractivity contribution in [1.82, 2.24) is 4.98 Å². The molecule has 1 aromatic carbocycles. The molecule has 0 aliphatic carbocycles. The maximum Gasteiger partial charge on any atom is 0.221 e. The van der Waals surface area contributed by atoms with Gasteiger partial charge in [0.15, 0.2) is 0 Å². The number of amides is 1. The normalized spacial score (nSPS) is 10.8. The van der Waals surface area contributed by atoms with E-state index in [9.17, 15) is 9.18 Å². The maximum absolute atomic E-state index is 13.6. The minimum Gasteiger partial charge on any atom is -0.380 e. The summed E-state index contributed by atoms with van der Waals surface area (Å²) >= 11 is 1.68. The van der Waals surface area contributed by atoms with Crippen LogP contribution in [-0.4, -0.2) is 10.9 Å². The molecule has 0 radical (unpaired) electrons. The zero-order valence-corrected chi connectivity index (χ0v) is 13.8. The molecule has 2 rings (SSSR count).